The van der Waals surface area contributed by atoms with Crippen molar-refractivity contribution >= 4 is 5.91 Å². The van der Waals surface area contributed by atoms with Crippen molar-refractivity contribution in [1.29, 1.82) is 0 Å². The fourth-order valence-electron chi connectivity index (χ4n) is 3.47. The molecule has 1 amide bonds. The van der Waals surface area contributed by atoms with Gasteiger partial charge in [0.05, 0.1) is 19.1 Å². The maximum absolute atomic E-state index is 12.1. The highest BCUT2D eigenvalue weighted by Crippen LogP contribution is 2.25. The average Bonchev–Trinajstić information content (AvgIpc) is 3.15. The molecule has 0 bridgehead atoms. The molecule has 25 heavy (non-hydrogen) atoms. The molecule has 0 saturated heterocycles. The second-order valence-corrected chi connectivity index (χ2v) is 6.95. The van der Waals surface area contributed by atoms with Gasteiger partial charge in [-0.1, -0.05) is 31.9 Å². The molecule has 1 fully saturated rings. The van der Waals surface area contributed by atoms with Crippen molar-refractivity contribution in [2.24, 2.45) is 5.92 Å². The van der Waals surface area contributed by atoms with E-state index in [9.17, 15) is 4.79 Å². The van der Waals surface area contributed by atoms with Crippen LogP contribution in [0.3, 0.4) is 0 Å². The quantitative estimate of drug-likeness (QED) is 0.781. The number of hydrogen-bond donors (Lipinski definition) is 1. The van der Waals surface area contributed by atoms with Gasteiger partial charge in [0.15, 0.2) is 0 Å². The summed E-state index contributed by atoms with van der Waals surface area (Å²) in [5, 5.41) is 2.96. The normalized spacial score (nSPS) is 20.4. The first kappa shape index (κ1) is 17.7. The molecule has 1 aliphatic rings. The number of amides is 1. The molecule has 2 aromatic rings. The Hall–Kier alpha value is -2.07. The van der Waals surface area contributed by atoms with Crippen molar-refractivity contribution in [3.05, 3.63) is 54.4 Å². The van der Waals surface area contributed by atoms with E-state index in [-0.39, 0.29) is 5.91 Å². The summed E-state index contributed by atoms with van der Waals surface area (Å²) in [4.78, 5) is 12.1. The summed E-state index contributed by atoms with van der Waals surface area (Å²) in [6, 6.07) is 12.1. The number of rotatable bonds is 7. The number of benzene rings is 1. The zero-order valence-electron chi connectivity index (χ0n) is 15.0. The number of carbonyl (C=O) groups excluding carboxylic acids is 1. The van der Waals surface area contributed by atoms with Crippen LogP contribution < -0.4 is 5.32 Å². The van der Waals surface area contributed by atoms with Gasteiger partial charge in [0, 0.05) is 24.6 Å². The van der Waals surface area contributed by atoms with Gasteiger partial charge in [0.1, 0.15) is 0 Å². The predicted octanol–water partition coefficient (Wildman–Crippen LogP) is 3.73. The Morgan fingerprint density at radius 1 is 1.16 bits per heavy atom. The topological polar surface area (TPSA) is 43.3 Å². The summed E-state index contributed by atoms with van der Waals surface area (Å²) in [5.74, 6) is 0.692. The second-order valence-electron chi connectivity index (χ2n) is 6.95. The lowest BCUT2D eigenvalue weighted by atomic mass is 9.88. The molecule has 1 N–H and O–H groups in total. The van der Waals surface area contributed by atoms with E-state index in [2.05, 4.69) is 12.2 Å². The summed E-state index contributed by atoms with van der Waals surface area (Å²) in [5.41, 5.74) is 2.12. The van der Waals surface area contributed by atoms with Gasteiger partial charge in [-0.15, -0.1) is 0 Å². The molecule has 134 valence electrons. The maximum Gasteiger partial charge on any atom is 0.224 e. The Labute approximate surface area is 150 Å². The van der Waals surface area contributed by atoms with Crippen LogP contribution in [0.1, 0.15) is 38.2 Å². The van der Waals surface area contributed by atoms with E-state index in [4.69, 9.17) is 4.74 Å². The fourth-order valence-corrected chi connectivity index (χ4v) is 3.47. The maximum atomic E-state index is 12.1. The van der Waals surface area contributed by atoms with Gasteiger partial charge in [-0.2, -0.15) is 0 Å². The summed E-state index contributed by atoms with van der Waals surface area (Å²) >= 11 is 0. The van der Waals surface area contributed by atoms with Crippen molar-refractivity contribution in [2.75, 3.05) is 13.2 Å². The van der Waals surface area contributed by atoms with E-state index in [0.29, 0.717) is 31.6 Å². The third kappa shape index (κ3) is 5.20. The van der Waals surface area contributed by atoms with E-state index in [1.807, 2.05) is 53.4 Å². The van der Waals surface area contributed by atoms with Gasteiger partial charge in [0.25, 0.3) is 0 Å². The van der Waals surface area contributed by atoms with E-state index in [1.165, 1.54) is 19.3 Å². The number of aromatic nitrogens is 1. The zero-order chi connectivity index (χ0) is 17.5. The molecule has 1 aromatic carbocycles. The zero-order valence-corrected chi connectivity index (χ0v) is 15.0. The SMILES string of the molecule is C[C@@H]1CCCC[C@@H]1OCCNC(=O)Cc1ccc(-n2cccc2)cc1. The van der Waals surface area contributed by atoms with Gasteiger partial charge in [0.2, 0.25) is 5.91 Å². The van der Waals surface area contributed by atoms with Crippen LogP contribution in [0.4, 0.5) is 0 Å². The Morgan fingerprint density at radius 2 is 1.88 bits per heavy atom. The van der Waals surface area contributed by atoms with Gasteiger partial charge >= 0.3 is 0 Å². The van der Waals surface area contributed by atoms with Gasteiger partial charge in [-0.3, -0.25) is 4.79 Å². The van der Waals surface area contributed by atoms with Crippen molar-refractivity contribution in [3.63, 3.8) is 0 Å². The van der Waals surface area contributed by atoms with E-state index in [1.54, 1.807) is 0 Å². The van der Waals surface area contributed by atoms with Crippen molar-refractivity contribution < 1.29 is 9.53 Å². The van der Waals surface area contributed by atoms with Gasteiger partial charge in [-0.25, -0.2) is 0 Å². The van der Waals surface area contributed by atoms with Crippen LogP contribution in [0.15, 0.2) is 48.8 Å². The monoisotopic (exact) mass is 340 g/mol. The highest BCUT2D eigenvalue weighted by molar-refractivity contribution is 5.78. The Kier molecular flexibility index (Phi) is 6.29. The molecule has 1 aliphatic carbocycles. The number of carbonyl (C=O) groups is 1. The van der Waals surface area contributed by atoms with Crippen molar-refractivity contribution in [3.8, 4) is 5.69 Å². The summed E-state index contributed by atoms with van der Waals surface area (Å²) in [6.07, 6.45) is 9.79. The van der Waals surface area contributed by atoms with Gasteiger partial charge in [-0.05, 0) is 48.6 Å². The third-order valence-electron chi connectivity index (χ3n) is 4.99. The molecular formula is C21H28N2O2. The Bertz CT molecular complexity index is 649. The lowest BCUT2D eigenvalue weighted by molar-refractivity contribution is -0.120. The smallest absolute Gasteiger partial charge is 0.224 e. The second kappa shape index (κ2) is 8.86. The van der Waals surface area contributed by atoms with Crippen LogP contribution in [0.2, 0.25) is 0 Å². The van der Waals surface area contributed by atoms with E-state index >= 15 is 0 Å². The van der Waals surface area contributed by atoms with Crippen molar-refractivity contribution in [2.45, 2.75) is 45.1 Å². The molecule has 1 aromatic heterocycles. The van der Waals surface area contributed by atoms with Crippen LogP contribution in [-0.2, 0) is 16.0 Å². The third-order valence-corrected chi connectivity index (χ3v) is 4.99. The molecular weight excluding hydrogens is 312 g/mol. The fraction of sp³-hybridized carbons (Fsp3) is 0.476. The molecule has 0 spiro atoms. The summed E-state index contributed by atoms with van der Waals surface area (Å²) < 4.78 is 7.98. The van der Waals surface area contributed by atoms with E-state index in [0.717, 1.165) is 17.7 Å². The first-order valence-corrected chi connectivity index (χ1v) is 9.33. The molecule has 2 atom stereocenters. The largest absolute Gasteiger partial charge is 0.376 e. The predicted molar refractivity (Wildman–Crippen MR) is 99.9 cm³/mol. The summed E-state index contributed by atoms with van der Waals surface area (Å²) in [6.45, 7) is 3.45. The van der Waals surface area contributed by atoms with Gasteiger partial charge < -0.3 is 14.6 Å². The van der Waals surface area contributed by atoms with Crippen molar-refractivity contribution in [1.82, 2.24) is 9.88 Å². The van der Waals surface area contributed by atoms with E-state index < -0.39 is 0 Å². The molecule has 4 nitrogen and oxygen atoms in total. The molecule has 1 saturated carbocycles. The molecule has 0 aliphatic heterocycles. The van der Waals surface area contributed by atoms with Crippen LogP contribution in [0.25, 0.3) is 5.69 Å². The Morgan fingerprint density at radius 3 is 2.60 bits per heavy atom. The number of nitrogens with one attached hydrogen (secondary N) is 1. The molecule has 0 unspecified atom stereocenters. The minimum atomic E-state index is 0.0500. The highest BCUT2D eigenvalue weighted by Gasteiger charge is 2.21. The summed E-state index contributed by atoms with van der Waals surface area (Å²) in [7, 11) is 0. The minimum Gasteiger partial charge on any atom is -0.376 e. The molecule has 1 heterocycles. The Balaban J connectivity index is 1.37. The first-order chi connectivity index (χ1) is 12.2. The van der Waals surface area contributed by atoms with Crippen LogP contribution in [0, 0.1) is 5.92 Å². The average molecular weight is 340 g/mol. The number of nitrogens with zero attached hydrogens (tertiary/aromatic N) is 1. The van der Waals surface area contributed by atoms with Crippen LogP contribution in [-0.4, -0.2) is 29.7 Å². The minimum absolute atomic E-state index is 0.0500. The first-order valence-electron chi connectivity index (χ1n) is 9.33. The number of hydrogen-bond acceptors (Lipinski definition) is 2. The lowest BCUT2D eigenvalue weighted by Crippen LogP contribution is -2.32. The molecule has 4 heteroatoms. The van der Waals surface area contributed by atoms with Crippen LogP contribution in [0.5, 0.6) is 0 Å². The van der Waals surface area contributed by atoms with Crippen LogP contribution >= 0.6 is 0 Å². The molecule has 3 rings (SSSR count). The lowest BCUT2D eigenvalue weighted by Gasteiger charge is -2.28. The highest BCUT2D eigenvalue weighted by atomic mass is 16.5. The number of ether oxygens (including phenoxy) is 1. The molecule has 0 radical (unpaired) electrons. The standard InChI is InChI=1S/C21H28N2O2/c1-17-6-2-3-7-20(17)25-15-12-22-21(24)16-18-8-10-19(11-9-18)23-13-4-5-14-23/h4-5,8-11,13-14,17,20H,2-3,6-7,12,15-16H2,1H3,(H,22,24)/t17-,20+/m1/s1.